The summed E-state index contributed by atoms with van der Waals surface area (Å²) in [6, 6.07) is 8.57. The lowest BCUT2D eigenvalue weighted by Gasteiger charge is -2.23. The van der Waals surface area contributed by atoms with E-state index in [0.717, 1.165) is 6.07 Å². The van der Waals surface area contributed by atoms with Gasteiger partial charge in [0, 0.05) is 10.0 Å². The third-order valence-electron chi connectivity index (χ3n) is 3.15. The molecule has 1 nitrogen and oxygen atoms in total. The van der Waals surface area contributed by atoms with Crippen molar-refractivity contribution in [3.05, 3.63) is 69.4 Å². The molecule has 21 heavy (non-hydrogen) atoms. The van der Waals surface area contributed by atoms with Crippen molar-refractivity contribution in [2.45, 2.75) is 12.2 Å². The smallest absolute Gasteiger partial charge is 0.309 e. The van der Waals surface area contributed by atoms with E-state index in [1.807, 2.05) is 0 Å². The fourth-order valence-corrected chi connectivity index (χ4v) is 2.82. The first kappa shape index (κ1) is 16.0. The first-order chi connectivity index (χ1) is 9.86. The molecule has 0 aliphatic rings. The molecule has 0 fully saturated rings. The molecule has 1 atom stereocenters. The fraction of sp³-hybridized carbons (Fsp3) is 0.200. The summed E-state index contributed by atoms with van der Waals surface area (Å²) in [5.41, 5.74) is -0.644. The standard InChI is InChI=1S/C15H12BrF4N/c1-21-14(13-11(16)7-4-8-12(13)17)9-5-2-3-6-10(9)15(18,19)20/h2-8,14,21H,1H3. The Kier molecular flexibility index (Phi) is 4.68. The quantitative estimate of drug-likeness (QED) is 0.765. The van der Waals surface area contributed by atoms with Gasteiger partial charge in [-0.3, -0.25) is 0 Å². The molecule has 0 bridgehead atoms. The van der Waals surface area contributed by atoms with Crippen LogP contribution in [0.3, 0.4) is 0 Å². The van der Waals surface area contributed by atoms with Gasteiger partial charge in [-0.25, -0.2) is 4.39 Å². The van der Waals surface area contributed by atoms with Crippen molar-refractivity contribution in [3.63, 3.8) is 0 Å². The minimum absolute atomic E-state index is 0.0155. The molecule has 2 aromatic carbocycles. The van der Waals surface area contributed by atoms with Crippen LogP contribution >= 0.6 is 15.9 Å². The second kappa shape index (κ2) is 6.15. The van der Waals surface area contributed by atoms with Crippen LogP contribution in [0.25, 0.3) is 0 Å². The average molecular weight is 362 g/mol. The first-order valence-electron chi connectivity index (χ1n) is 6.13. The van der Waals surface area contributed by atoms with Gasteiger partial charge in [0.15, 0.2) is 0 Å². The normalized spacial score (nSPS) is 13.2. The van der Waals surface area contributed by atoms with Gasteiger partial charge in [0.1, 0.15) is 5.82 Å². The Balaban J connectivity index is 2.63. The van der Waals surface area contributed by atoms with Gasteiger partial charge in [-0.05, 0) is 30.8 Å². The van der Waals surface area contributed by atoms with Gasteiger partial charge >= 0.3 is 6.18 Å². The van der Waals surface area contributed by atoms with Crippen LogP contribution in [0.4, 0.5) is 17.6 Å². The van der Waals surface area contributed by atoms with Crippen molar-refractivity contribution in [2.75, 3.05) is 7.05 Å². The Morgan fingerprint density at radius 1 is 1.05 bits per heavy atom. The van der Waals surface area contributed by atoms with E-state index >= 15 is 0 Å². The molecule has 0 aliphatic carbocycles. The third-order valence-corrected chi connectivity index (χ3v) is 3.85. The summed E-state index contributed by atoms with van der Waals surface area (Å²) in [7, 11) is 1.50. The maximum atomic E-state index is 14.1. The van der Waals surface area contributed by atoms with Crippen molar-refractivity contribution in [2.24, 2.45) is 0 Å². The van der Waals surface area contributed by atoms with Crippen LogP contribution in [0.2, 0.25) is 0 Å². The predicted molar refractivity (Wildman–Crippen MR) is 76.4 cm³/mol. The summed E-state index contributed by atoms with van der Waals surface area (Å²) < 4.78 is 53.9. The molecule has 6 heteroatoms. The number of nitrogens with one attached hydrogen (secondary N) is 1. The number of benzene rings is 2. The fourth-order valence-electron chi connectivity index (χ4n) is 2.25. The highest BCUT2D eigenvalue weighted by atomic mass is 79.9. The molecule has 0 amide bonds. The highest BCUT2D eigenvalue weighted by Gasteiger charge is 2.35. The first-order valence-corrected chi connectivity index (χ1v) is 6.93. The minimum atomic E-state index is -4.50. The van der Waals surface area contributed by atoms with Crippen LogP contribution < -0.4 is 5.32 Å². The van der Waals surface area contributed by atoms with E-state index in [1.54, 1.807) is 6.07 Å². The number of halogens is 5. The van der Waals surface area contributed by atoms with E-state index in [4.69, 9.17) is 0 Å². The number of rotatable bonds is 3. The molecule has 0 radical (unpaired) electrons. The van der Waals surface area contributed by atoms with Gasteiger partial charge in [-0.1, -0.05) is 40.2 Å². The Morgan fingerprint density at radius 3 is 2.29 bits per heavy atom. The molecule has 0 heterocycles. The number of hydrogen-bond donors (Lipinski definition) is 1. The maximum Gasteiger partial charge on any atom is 0.416 e. The molecule has 2 rings (SSSR count). The Bertz CT molecular complexity index is 620. The molecule has 0 aliphatic heterocycles. The molecule has 0 saturated carbocycles. The molecule has 0 spiro atoms. The van der Waals surface area contributed by atoms with Crippen LogP contribution in [-0.4, -0.2) is 7.05 Å². The van der Waals surface area contributed by atoms with E-state index in [-0.39, 0.29) is 11.1 Å². The third kappa shape index (κ3) is 3.27. The van der Waals surface area contributed by atoms with Crippen molar-refractivity contribution >= 4 is 15.9 Å². The second-order valence-corrected chi connectivity index (χ2v) is 5.30. The lowest BCUT2D eigenvalue weighted by Crippen LogP contribution is -2.23. The zero-order valence-electron chi connectivity index (χ0n) is 11.0. The summed E-state index contributed by atoms with van der Waals surface area (Å²) in [6.07, 6.45) is -4.50. The van der Waals surface area contributed by atoms with Crippen molar-refractivity contribution in [1.29, 1.82) is 0 Å². The molecular weight excluding hydrogens is 350 g/mol. The SMILES string of the molecule is CNC(c1ccccc1C(F)(F)F)c1c(F)cccc1Br. The van der Waals surface area contributed by atoms with E-state index in [9.17, 15) is 17.6 Å². The van der Waals surface area contributed by atoms with Gasteiger partial charge in [0.05, 0.1) is 11.6 Å². The zero-order chi connectivity index (χ0) is 15.6. The summed E-state index contributed by atoms with van der Waals surface area (Å²) in [4.78, 5) is 0. The molecule has 1 unspecified atom stereocenters. The number of hydrogen-bond acceptors (Lipinski definition) is 1. The summed E-state index contributed by atoms with van der Waals surface area (Å²) in [5.74, 6) is -0.569. The van der Waals surface area contributed by atoms with E-state index in [2.05, 4.69) is 21.2 Å². The van der Waals surface area contributed by atoms with Crippen molar-refractivity contribution < 1.29 is 17.6 Å². The van der Waals surface area contributed by atoms with Crippen LogP contribution in [0.5, 0.6) is 0 Å². The van der Waals surface area contributed by atoms with Gasteiger partial charge in [-0.15, -0.1) is 0 Å². The van der Waals surface area contributed by atoms with Gasteiger partial charge in [0.2, 0.25) is 0 Å². The Hall–Kier alpha value is -1.40. The maximum absolute atomic E-state index is 14.1. The molecule has 0 aromatic heterocycles. The number of alkyl halides is 3. The average Bonchev–Trinajstić information content (AvgIpc) is 2.42. The topological polar surface area (TPSA) is 12.0 Å². The van der Waals surface area contributed by atoms with Crippen molar-refractivity contribution in [1.82, 2.24) is 5.32 Å². The molecule has 0 saturated heterocycles. The highest BCUT2D eigenvalue weighted by Crippen LogP contribution is 2.38. The highest BCUT2D eigenvalue weighted by molar-refractivity contribution is 9.10. The summed E-state index contributed by atoms with van der Waals surface area (Å²) in [6.45, 7) is 0. The van der Waals surface area contributed by atoms with Crippen LogP contribution in [-0.2, 0) is 6.18 Å². The monoisotopic (exact) mass is 361 g/mol. The lowest BCUT2D eigenvalue weighted by atomic mass is 9.94. The largest absolute Gasteiger partial charge is 0.416 e. The van der Waals surface area contributed by atoms with Crippen LogP contribution in [0.1, 0.15) is 22.7 Å². The van der Waals surface area contributed by atoms with Gasteiger partial charge < -0.3 is 5.32 Å². The molecule has 112 valence electrons. The molecule has 2 aromatic rings. The second-order valence-electron chi connectivity index (χ2n) is 4.44. The van der Waals surface area contributed by atoms with E-state index in [0.29, 0.717) is 4.47 Å². The lowest BCUT2D eigenvalue weighted by molar-refractivity contribution is -0.138. The van der Waals surface area contributed by atoms with Crippen LogP contribution in [0.15, 0.2) is 46.9 Å². The molecular formula is C15H12BrF4N. The summed E-state index contributed by atoms with van der Waals surface area (Å²) in [5, 5.41) is 2.76. The minimum Gasteiger partial charge on any atom is -0.309 e. The van der Waals surface area contributed by atoms with E-state index in [1.165, 1.54) is 37.4 Å². The van der Waals surface area contributed by atoms with Gasteiger partial charge in [0.25, 0.3) is 0 Å². The van der Waals surface area contributed by atoms with E-state index < -0.39 is 23.6 Å². The zero-order valence-corrected chi connectivity index (χ0v) is 12.6. The Labute approximate surface area is 128 Å². The summed E-state index contributed by atoms with van der Waals surface area (Å²) >= 11 is 3.20. The molecule has 1 N–H and O–H groups in total. The van der Waals surface area contributed by atoms with Crippen LogP contribution in [0, 0.1) is 5.82 Å². The van der Waals surface area contributed by atoms with Gasteiger partial charge in [-0.2, -0.15) is 13.2 Å². The predicted octanol–water partition coefficient (Wildman–Crippen LogP) is 4.92. The Morgan fingerprint density at radius 2 is 1.71 bits per heavy atom. The van der Waals surface area contributed by atoms with Crippen molar-refractivity contribution in [3.8, 4) is 0 Å².